The quantitative estimate of drug-likeness (QED) is 0.448. The van der Waals surface area contributed by atoms with Crippen molar-refractivity contribution in [1.82, 2.24) is 9.97 Å². The molecular weight excluding hydrogens is 482 g/mol. The zero-order valence-electron chi connectivity index (χ0n) is 22.2. The highest BCUT2D eigenvalue weighted by molar-refractivity contribution is 5.77. The number of carbonyl (C=O) groups is 1. The number of benzene rings is 2. The van der Waals surface area contributed by atoms with Crippen molar-refractivity contribution in [2.24, 2.45) is 0 Å². The second-order valence-electron chi connectivity index (χ2n) is 10.3. The van der Waals surface area contributed by atoms with E-state index in [1.807, 2.05) is 0 Å². The summed E-state index contributed by atoms with van der Waals surface area (Å²) in [6, 6.07) is 12.7. The molecule has 1 saturated heterocycles. The van der Waals surface area contributed by atoms with Crippen LogP contribution in [0.4, 0.5) is 5.95 Å². The largest absolute Gasteiger partial charge is 0.493 e. The van der Waals surface area contributed by atoms with Crippen LogP contribution in [0.1, 0.15) is 46.3 Å². The van der Waals surface area contributed by atoms with Gasteiger partial charge in [0.25, 0.3) is 0 Å². The standard InChI is InChI=1S/C30H33N3O5/c1-18-28(19(2)32-30(31-18)33-9-11-36-12-10-33)25-6-4-5-24-21(17-38-29(24)25)13-20-7-8-23-22(15-27(34)35-3)16-37-26(23)14-20/h4-8,14,21-22H,9-13,15-17H2,1-3H3/t21-,22-/m1/s1. The van der Waals surface area contributed by atoms with Crippen LogP contribution in [-0.2, 0) is 20.7 Å². The highest BCUT2D eigenvalue weighted by Gasteiger charge is 2.31. The molecule has 8 heteroatoms. The van der Waals surface area contributed by atoms with Gasteiger partial charge in [0.15, 0.2) is 0 Å². The minimum Gasteiger partial charge on any atom is -0.493 e. The maximum absolute atomic E-state index is 11.7. The van der Waals surface area contributed by atoms with E-state index in [4.69, 9.17) is 28.9 Å². The predicted octanol–water partition coefficient (Wildman–Crippen LogP) is 4.35. The molecule has 2 atom stereocenters. The lowest BCUT2D eigenvalue weighted by Gasteiger charge is -2.27. The number of aromatic nitrogens is 2. The summed E-state index contributed by atoms with van der Waals surface area (Å²) >= 11 is 0. The van der Waals surface area contributed by atoms with Crippen molar-refractivity contribution in [3.8, 4) is 22.6 Å². The first kappa shape index (κ1) is 24.7. The number of fused-ring (bicyclic) bond motifs is 2. The van der Waals surface area contributed by atoms with Gasteiger partial charge in [-0.05, 0) is 31.9 Å². The van der Waals surface area contributed by atoms with Gasteiger partial charge in [-0.25, -0.2) is 9.97 Å². The summed E-state index contributed by atoms with van der Waals surface area (Å²) in [7, 11) is 1.42. The van der Waals surface area contributed by atoms with Crippen LogP contribution in [0.2, 0.25) is 0 Å². The summed E-state index contributed by atoms with van der Waals surface area (Å²) in [4.78, 5) is 23.7. The molecule has 0 aliphatic carbocycles. The molecule has 0 bridgehead atoms. The van der Waals surface area contributed by atoms with E-state index >= 15 is 0 Å². The molecule has 3 aliphatic rings. The molecule has 3 aromatic rings. The predicted molar refractivity (Wildman–Crippen MR) is 143 cm³/mol. The average Bonchev–Trinajstić information content (AvgIpc) is 3.53. The number of anilines is 1. The van der Waals surface area contributed by atoms with Gasteiger partial charge < -0.3 is 23.8 Å². The van der Waals surface area contributed by atoms with E-state index in [9.17, 15) is 4.79 Å². The van der Waals surface area contributed by atoms with Crippen LogP contribution >= 0.6 is 0 Å². The highest BCUT2D eigenvalue weighted by Crippen LogP contribution is 2.45. The molecule has 38 heavy (non-hydrogen) atoms. The van der Waals surface area contributed by atoms with Gasteiger partial charge in [0.2, 0.25) is 5.95 Å². The van der Waals surface area contributed by atoms with E-state index in [1.54, 1.807) is 0 Å². The highest BCUT2D eigenvalue weighted by atomic mass is 16.5. The smallest absolute Gasteiger partial charge is 0.306 e. The maximum Gasteiger partial charge on any atom is 0.306 e. The molecule has 0 saturated carbocycles. The van der Waals surface area contributed by atoms with Crippen molar-refractivity contribution >= 4 is 11.9 Å². The summed E-state index contributed by atoms with van der Waals surface area (Å²) in [6.45, 7) is 8.27. The van der Waals surface area contributed by atoms with Crippen molar-refractivity contribution < 1.29 is 23.7 Å². The Bertz CT molecular complexity index is 1340. The number of ether oxygens (including phenoxy) is 4. The lowest BCUT2D eigenvalue weighted by Crippen LogP contribution is -2.37. The normalized spacial score (nSPS) is 19.9. The lowest BCUT2D eigenvalue weighted by atomic mass is 9.89. The Kier molecular flexibility index (Phi) is 6.66. The summed E-state index contributed by atoms with van der Waals surface area (Å²) in [5.74, 6) is 2.65. The first-order chi connectivity index (χ1) is 18.5. The number of nitrogens with zero attached hydrogens (tertiary/aromatic N) is 3. The molecule has 3 aliphatic heterocycles. The minimum absolute atomic E-state index is 0.0490. The number of rotatable bonds is 6. The second-order valence-corrected chi connectivity index (χ2v) is 10.3. The monoisotopic (exact) mass is 515 g/mol. The summed E-state index contributed by atoms with van der Waals surface area (Å²) in [5, 5.41) is 0. The molecule has 0 unspecified atom stereocenters. The lowest BCUT2D eigenvalue weighted by molar-refractivity contribution is -0.141. The first-order valence-corrected chi connectivity index (χ1v) is 13.3. The van der Waals surface area contributed by atoms with Gasteiger partial charge in [-0.3, -0.25) is 4.79 Å². The third-order valence-electron chi connectivity index (χ3n) is 7.82. The number of morpholine rings is 1. The molecule has 1 fully saturated rings. The molecule has 4 heterocycles. The molecule has 0 N–H and O–H groups in total. The van der Waals surface area contributed by atoms with Crippen molar-refractivity contribution in [3.05, 3.63) is 64.5 Å². The summed E-state index contributed by atoms with van der Waals surface area (Å²) < 4.78 is 22.6. The third kappa shape index (κ3) is 4.58. The van der Waals surface area contributed by atoms with E-state index in [1.165, 1.54) is 18.2 Å². The topological polar surface area (TPSA) is 83.0 Å². The SMILES string of the molecule is COC(=O)C[C@@H]1COc2cc(C[C@@H]3COc4c(-c5c(C)nc(N6CCOCC6)nc5C)cccc43)ccc21. The Morgan fingerprint density at radius 3 is 2.53 bits per heavy atom. The Balaban J connectivity index is 1.24. The number of esters is 1. The molecule has 8 nitrogen and oxygen atoms in total. The van der Waals surface area contributed by atoms with Crippen LogP contribution in [0.25, 0.3) is 11.1 Å². The number of aryl methyl sites for hydroxylation is 2. The van der Waals surface area contributed by atoms with Crippen molar-refractivity contribution in [3.63, 3.8) is 0 Å². The van der Waals surface area contributed by atoms with Crippen molar-refractivity contribution in [2.45, 2.75) is 38.5 Å². The Morgan fingerprint density at radius 2 is 1.76 bits per heavy atom. The molecule has 0 spiro atoms. The van der Waals surface area contributed by atoms with E-state index < -0.39 is 0 Å². The zero-order chi connectivity index (χ0) is 26.2. The molecule has 0 radical (unpaired) electrons. The van der Waals surface area contributed by atoms with Crippen molar-refractivity contribution in [2.75, 3.05) is 51.5 Å². The Hall–Kier alpha value is -3.65. The summed E-state index contributed by atoms with van der Waals surface area (Å²) in [6.07, 6.45) is 1.19. The van der Waals surface area contributed by atoms with E-state index in [2.05, 4.69) is 55.1 Å². The van der Waals surface area contributed by atoms with Crippen LogP contribution in [0.5, 0.6) is 11.5 Å². The van der Waals surface area contributed by atoms with E-state index in [-0.39, 0.29) is 17.8 Å². The number of methoxy groups -OCH3 is 1. The van der Waals surface area contributed by atoms with Gasteiger partial charge in [0.05, 0.1) is 51.3 Å². The number of hydrogen-bond acceptors (Lipinski definition) is 8. The zero-order valence-corrected chi connectivity index (χ0v) is 22.2. The molecule has 2 aromatic carbocycles. The average molecular weight is 516 g/mol. The number of para-hydroxylation sites is 1. The van der Waals surface area contributed by atoms with Gasteiger partial charge >= 0.3 is 5.97 Å². The van der Waals surface area contributed by atoms with Crippen LogP contribution in [0.15, 0.2) is 36.4 Å². The fourth-order valence-corrected chi connectivity index (χ4v) is 5.86. The summed E-state index contributed by atoms with van der Waals surface area (Å²) in [5.41, 5.74) is 7.49. The molecule has 1 aromatic heterocycles. The molecule has 0 amide bonds. The minimum atomic E-state index is -0.211. The third-order valence-corrected chi connectivity index (χ3v) is 7.82. The Morgan fingerprint density at radius 1 is 1.00 bits per heavy atom. The van der Waals surface area contributed by atoms with Gasteiger partial charge in [-0.1, -0.05) is 30.3 Å². The molecule has 198 valence electrons. The Labute approximate surface area is 222 Å². The van der Waals surface area contributed by atoms with Crippen molar-refractivity contribution in [1.29, 1.82) is 0 Å². The molecular formula is C30H33N3O5. The first-order valence-electron chi connectivity index (χ1n) is 13.3. The van der Waals surface area contributed by atoms with E-state index in [0.717, 1.165) is 65.0 Å². The van der Waals surface area contributed by atoms with Gasteiger partial charge in [-0.2, -0.15) is 0 Å². The number of carbonyl (C=O) groups excluding carboxylic acids is 1. The van der Waals surface area contributed by atoms with Gasteiger partial charge in [0, 0.05) is 47.2 Å². The maximum atomic E-state index is 11.7. The van der Waals surface area contributed by atoms with Gasteiger partial charge in [-0.15, -0.1) is 0 Å². The van der Waals surface area contributed by atoms with E-state index in [0.29, 0.717) is 32.8 Å². The van der Waals surface area contributed by atoms with Crippen LogP contribution in [0.3, 0.4) is 0 Å². The van der Waals surface area contributed by atoms with Gasteiger partial charge in [0.1, 0.15) is 11.5 Å². The van der Waals surface area contributed by atoms with Crippen LogP contribution in [0, 0.1) is 13.8 Å². The van der Waals surface area contributed by atoms with Crippen LogP contribution in [-0.4, -0.2) is 62.6 Å². The fraction of sp³-hybridized carbons (Fsp3) is 0.433. The van der Waals surface area contributed by atoms with Crippen LogP contribution < -0.4 is 14.4 Å². The number of hydrogen-bond donors (Lipinski definition) is 0. The molecule has 6 rings (SSSR count). The second kappa shape index (κ2) is 10.3. The fourth-order valence-electron chi connectivity index (χ4n) is 5.86.